The van der Waals surface area contributed by atoms with Crippen molar-refractivity contribution in [3.63, 3.8) is 0 Å². The number of carbonyl (C=O) groups is 1. The molecular formula is C20H26N4O2. The molecule has 6 heteroatoms. The number of carbonyl (C=O) groups excluding carboxylic acids is 1. The van der Waals surface area contributed by atoms with Crippen LogP contribution in [0.4, 0.5) is 17.1 Å². The van der Waals surface area contributed by atoms with Gasteiger partial charge in [-0.1, -0.05) is 24.3 Å². The molecule has 3 rings (SSSR count). The Bertz CT molecular complexity index is 728. The number of rotatable bonds is 6. The number of benzene rings is 2. The van der Waals surface area contributed by atoms with Crippen LogP contribution in [0, 0.1) is 0 Å². The van der Waals surface area contributed by atoms with E-state index >= 15 is 0 Å². The summed E-state index contributed by atoms with van der Waals surface area (Å²) in [6.45, 7) is 5.76. The summed E-state index contributed by atoms with van der Waals surface area (Å²) in [7, 11) is 1.37. The second-order valence-electron chi connectivity index (χ2n) is 6.35. The zero-order chi connectivity index (χ0) is 18.4. The maximum absolute atomic E-state index is 11.9. The molecule has 0 radical (unpaired) electrons. The molecule has 2 aromatic carbocycles. The molecule has 3 N–H and O–H groups in total. The number of hydrogen-bond acceptors (Lipinski definition) is 6. The molecule has 0 saturated carbocycles. The quantitative estimate of drug-likeness (QED) is 0.613. The Morgan fingerprint density at radius 2 is 1.81 bits per heavy atom. The summed E-state index contributed by atoms with van der Waals surface area (Å²) in [6.07, 6.45) is 0. The van der Waals surface area contributed by atoms with Crippen molar-refractivity contribution in [3.8, 4) is 0 Å². The van der Waals surface area contributed by atoms with Crippen molar-refractivity contribution in [3.05, 3.63) is 54.1 Å². The first-order valence-corrected chi connectivity index (χ1v) is 8.92. The van der Waals surface area contributed by atoms with Gasteiger partial charge in [-0.15, -0.1) is 0 Å². The highest BCUT2D eigenvalue weighted by Gasteiger charge is 2.18. The molecule has 0 bridgehead atoms. The number of methoxy groups -OCH3 is 1. The van der Waals surface area contributed by atoms with E-state index in [1.165, 1.54) is 12.8 Å². The number of anilines is 3. The molecular weight excluding hydrogens is 328 g/mol. The number of ether oxygens (including phenoxy) is 1. The topological polar surface area (TPSA) is 70.8 Å². The lowest BCUT2D eigenvalue weighted by atomic mass is 10.1. The highest BCUT2D eigenvalue weighted by molar-refractivity contribution is 6.01. The van der Waals surface area contributed by atoms with Crippen LogP contribution in [0.1, 0.15) is 10.4 Å². The summed E-state index contributed by atoms with van der Waals surface area (Å²) in [5, 5.41) is 3.32. The molecule has 0 amide bonds. The van der Waals surface area contributed by atoms with Crippen LogP contribution in [0.25, 0.3) is 0 Å². The van der Waals surface area contributed by atoms with Gasteiger partial charge in [0.25, 0.3) is 0 Å². The third kappa shape index (κ3) is 4.26. The number of nitrogens with zero attached hydrogens (tertiary/aromatic N) is 2. The van der Waals surface area contributed by atoms with Gasteiger partial charge in [-0.05, 0) is 24.3 Å². The first-order chi connectivity index (χ1) is 12.7. The minimum atomic E-state index is -0.415. The smallest absolute Gasteiger partial charge is 0.342 e. The predicted molar refractivity (Wildman–Crippen MR) is 106 cm³/mol. The monoisotopic (exact) mass is 354 g/mol. The number of esters is 1. The van der Waals surface area contributed by atoms with Gasteiger partial charge in [0.1, 0.15) is 5.56 Å². The normalized spacial score (nSPS) is 14.9. The SMILES string of the molecule is COC(=O)c1c(N)cccc1NCCN1CCN(c2ccccc2)CC1. The molecule has 0 atom stereocenters. The Balaban J connectivity index is 1.49. The third-order valence-electron chi connectivity index (χ3n) is 4.72. The van der Waals surface area contributed by atoms with Crippen LogP contribution < -0.4 is 16.0 Å². The first-order valence-electron chi connectivity index (χ1n) is 8.92. The standard InChI is InChI=1S/C20H26N4O2/c1-26-20(25)19-17(21)8-5-9-18(19)22-10-11-23-12-14-24(15-13-23)16-6-3-2-4-7-16/h2-9,22H,10-15,21H2,1H3. The van der Waals surface area contributed by atoms with Crippen molar-refractivity contribution in [2.45, 2.75) is 0 Å². The Morgan fingerprint density at radius 3 is 2.50 bits per heavy atom. The lowest BCUT2D eigenvalue weighted by molar-refractivity contribution is 0.0603. The molecule has 0 spiro atoms. The van der Waals surface area contributed by atoms with E-state index in [4.69, 9.17) is 10.5 Å². The van der Waals surface area contributed by atoms with E-state index in [1.54, 1.807) is 6.07 Å². The van der Waals surface area contributed by atoms with Crippen LogP contribution in [0.3, 0.4) is 0 Å². The van der Waals surface area contributed by atoms with Crippen LogP contribution in [-0.2, 0) is 4.74 Å². The fourth-order valence-electron chi connectivity index (χ4n) is 3.26. The largest absolute Gasteiger partial charge is 0.465 e. The minimum absolute atomic E-state index is 0.406. The molecule has 1 aliphatic heterocycles. The number of nitrogens with one attached hydrogen (secondary N) is 1. The first kappa shape index (κ1) is 18.1. The number of nitrogens with two attached hydrogens (primary N) is 1. The highest BCUT2D eigenvalue weighted by atomic mass is 16.5. The molecule has 0 unspecified atom stereocenters. The van der Waals surface area contributed by atoms with Gasteiger partial charge >= 0.3 is 5.97 Å². The van der Waals surface area contributed by atoms with E-state index in [9.17, 15) is 4.79 Å². The van der Waals surface area contributed by atoms with Crippen molar-refractivity contribution >= 4 is 23.0 Å². The Hall–Kier alpha value is -2.73. The summed E-state index contributed by atoms with van der Waals surface area (Å²) in [4.78, 5) is 16.8. The molecule has 26 heavy (non-hydrogen) atoms. The second-order valence-corrected chi connectivity index (χ2v) is 6.35. The van der Waals surface area contributed by atoms with E-state index in [0.29, 0.717) is 11.3 Å². The van der Waals surface area contributed by atoms with Gasteiger partial charge in [0.05, 0.1) is 12.8 Å². The van der Waals surface area contributed by atoms with Crippen LogP contribution in [0.2, 0.25) is 0 Å². The summed E-state index contributed by atoms with van der Waals surface area (Å²) >= 11 is 0. The maximum Gasteiger partial charge on any atom is 0.342 e. The van der Waals surface area contributed by atoms with Gasteiger partial charge < -0.3 is 20.7 Å². The summed E-state index contributed by atoms with van der Waals surface area (Å²) in [5.74, 6) is -0.415. The molecule has 1 heterocycles. The molecule has 1 saturated heterocycles. The molecule has 1 fully saturated rings. The second kappa shape index (κ2) is 8.58. The number of piperazine rings is 1. The number of hydrogen-bond donors (Lipinski definition) is 2. The molecule has 138 valence electrons. The van der Waals surface area contributed by atoms with Crippen molar-refractivity contribution in [1.29, 1.82) is 0 Å². The summed E-state index contributed by atoms with van der Waals surface area (Å²) in [5.41, 5.74) is 8.77. The van der Waals surface area contributed by atoms with Crippen molar-refractivity contribution in [1.82, 2.24) is 4.90 Å². The van der Waals surface area contributed by atoms with Crippen molar-refractivity contribution < 1.29 is 9.53 Å². The van der Waals surface area contributed by atoms with Crippen LogP contribution in [0.5, 0.6) is 0 Å². The fraction of sp³-hybridized carbons (Fsp3) is 0.350. The highest BCUT2D eigenvalue weighted by Crippen LogP contribution is 2.23. The van der Waals surface area contributed by atoms with Crippen LogP contribution >= 0.6 is 0 Å². The third-order valence-corrected chi connectivity index (χ3v) is 4.72. The van der Waals surface area contributed by atoms with Crippen LogP contribution in [0.15, 0.2) is 48.5 Å². The molecule has 6 nitrogen and oxygen atoms in total. The Kier molecular flexibility index (Phi) is 5.96. The van der Waals surface area contributed by atoms with Gasteiger partial charge in [-0.3, -0.25) is 4.90 Å². The lowest BCUT2D eigenvalue weighted by Gasteiger charge is -2.36. The van der Waals surface area contributed by atoms with Crippen molar-refractivity contribution in [2.75, 3.05) is 62.3 Å². The Labute approximate surface area is 154 Å². The summed E-state index contributed by atoms with van der Waals surface area (Å²) < 4.78 is 4.83. The summed E-state index contributed by atoms with van der Waals surface area (Å²) in [6, 6.07) is 15.9. The minimum Gasteiger partial charge on any atom is -0.465 e. The van der Waals surface area contributed by atoms with Crippen LogP contribution in [-0.4, -0.2) is 57.2 Å². The van der Waals surface area contributed by atoms with Gasteiger partial charge in [-0.25, -0.2) is 4.79 Å². The van der Waals surface area contributed by atoms with E-state index < -0.39 is 5.97 Å². The zero-order valence-electron chi connectivity index (χ0n) is 15.1. The average Bonchev–Trinajstić information content (AvgIpc) is 2.69. The van der Waals surface area contributed by atoms with Gasteiger partial charge in [0.15, 0.2) is 0 Å². The van der Waals surface area contributed by atoms with E-state index in [-0.39, 0.29) is 0 Å². The van der Waals surface area contributed by atoms with Gasteiger partial charge in [0, 0.05) is 50.6 Å². The van der Waals surface area contributed by atoms with Gasteiger partial charge in [0.2, 0.25) is 0 Å². The van der Waals surface area contributed by atoms with Crippen molar-refractivity contribution in [2.24, 2.45) is 0 Å². The maximum atomic E-state index is 11.9. The fourth-order valence-corrected chi connectivity index (χ4v) is 3.26. The lowest BCUT2D eigenvalue weighted by Crippen LogP contribution is -2.47. The van der Waals surface area contributed by atoms with E-state index in [1.807, 2.05) is 18.2 Å². The number of nitrogen functional groups attached to an aromatic ring is 1. The van der Waals surface area contributed by atoms with E-state index in [0.717, 1.165) is 45.0 Å². The zero-order valence-corrected chi connectivity index (χ0v) is 15.1. The molecule has 0 aromatic heterocycles. The molecule has 1 aliphatic rings. The predicted octanol–water partition coefficient (Wildman–Crippen LogP) is 2.29. The van der Waals surface area contributed by atoms with Gasteiger partial charge in [-0.2, -0.15) is 0 Å². The van der Waals surface area contributed by atoms with E-state index in [2.05, 4.69) is 39.4 Å². The average molecular weight is 354 g/mol. The molecule has 0 aliphatic carbocycles. The number of para-hydroxylation sites is 1. The molecule has 2 aromatic rings. The Morgan fingerprint density at radius 1 is 1.08 bits per heavy atom.